The third kappa shape index (κ3) is 3.02. The highest BCUT2D eigenvalue weighted by atomic mass is 16.5. The van der Waals surface area contributed by atoms with E-state index in [9.17, 15) is 5.11 Å². The summed E-state index contributed by atoms with van der Waals surface area (Å²) in [5.74, 6) is 1.73. The Hall–Kier alpha value is -0.910. The third-order valence-corrected chi connectivity index (χ3v) is 6.01. The van der Waals surface area contributed by atoms with Crippen LogP contribution in [-0.2, 0) is 10.2 Å². The van der Waals surface area contributed by atoms with E-state index < -0.39 is 0 Å². The molecule has 136 valence electrons. The second-order valence-corrected chi connectivity index (χ2v) is 8.45. The first kappa shape index (κ1) is 17.9. The van der Waals surface area contributed by atoms with Gasteiger partial charge in [-0.1, -0.05) is 20.8 Å². The van der Waals surface area contributed by atoms with Crippen molar-refractivity contribution in [3.8, 4) is 0 Å². The molecule has 0 radical (unpaired) electrons. The smallest absolute Gasteiger partial charge is 0.211 e. The van der Waals surface area contributed by atoms with E-state index in [-0.39, 0.29) is 29.1 Å². The van der Waals surface area contributed by atoms with Gasteiger partial charge < -0.3 is 14.3 Å². The third-order valence-electron chi connectivity index (χ3n) is 6.01. The number of rotatable bonds is 4. The molecule has 3 rings (SSSR count). The predicted octanol–water partition coefficient (Wildman–Crippen LogP) is 3.29. The maximum Gasteiger partial charge on any atom is 0.211 e. The van der Waals surface area contributed by atoms with Crippen molar-refractivity contribution in [3.05, 3.63) is 17.8 Å². The molecule has 2 fully saturated rings. The molecule has 0 unspecified atom stereocenters. The van der Waals surface area contributed by atoms with E-state index in [2.05, 4.69) is 37.6 Å². The molecule has 2 heterocycles. The van der Waals surface area contributed by atoms with Crippen LogP contribution in [0.4, 0.5) is 0 Å². The number of oxazole rings is 1. The van der Waals surface area contributed by atoms with Crippen LogP contribution in [0.2, 0.25) is 0 Å². The Labute approximate surface area is 145 Å². The summed E-state index contributed by atoms with van der Waals surface area (Å²) in [5, 5.41) is 10.3. The van der Waals surface area contributed by atoms with Crippen LogP contribution in [-0.4, -0.2) is 46.9 Å². The average molecular weight is 336 g/mol. The fourth-order valence-electron chi connectivity index (χ4n) is 4.13. The van der Waals surface area contributed by atoms with Gasteiger partial charge in [-0.25, -0.2) is 4.98 Å². The minimum Gasteiger partial charge on any atom is -0.443 e. The van der Waals surface area contributed by atoms with Gasteiger partial charge in [0.25, 0.3) is 0 Å². The number of nitrogens with zero attached hydrogens (tertiary/aromatic N) is 2. The molecule has 0 bridgehead atoms. The van der Waals surface area contributed by atoms with Crippen LogP contribution in [0, 0.1) is 5.41 Å². The van der Waals surface area contributed by atoms with E-state index in [1.165, 1.54) is 0 Å². The normalized spacial score (nSPS) is 28.8. The van der Waals surface area contributed by atoms with Crippen molar-refractivity contribution in [3.63, 3.8) is 0 Å². The number of aliphatic hydroxyl groups excluding tert-OH is 1. The lowest BCUT2D eigenvalue weighted by molar-refractivity contribution is -0.211. The fraction of sp³-hybridized carbons (Fsp3) is 0.842. The van der Waals surface area contributed by atoms with E-state index >= 15 is 0 Å². The van der Waals surface area contributed by atoms with Gasteiger partial charge in [0.05, 0.1) is 24.4 Å². The van der Waals surface area contributed by atoms with Gasteiger partial charge >= 0.3 is 0 Å². The molecule has 1 saturated heterocycles. The summed E-state index contributed by atoms with van der Waals surface area (Å²) in [4.78, 5) is 6.92. The quantitative estimate of drug-likeness (QED) is 0.914. The maximum absolute atomic E-state index is 10.3. The highest BCUT2D eigenvalue weighted by Gasteiger charge is 2.56. The highest BCUT2D eigenvalue weighted by Crippen LogP contribution is 2.51. The summed E-state index contributed by atoms with van der Waals surface area (Å²) in [7, 11) is 0. The number of aromatic nitrogens is 1. The molecule has 1 saturated carbocycles. The SMILES string of the molecule is CCO[C@@H]1C[C@H](O)C12CCN([C@@H](C)c1ncc(C(C)(C)C)o1)CC2. The van der Waals surface area contributed by atoms with Crippen LogP contribution in [0.5, 0.6) is 0 Å². The van der Waals surface area contributed by atoms with Crippen molar-refractivity contribution in [1.82, 2.24) is 9.88 Å². The van der Waals surface area contributed by atoms with E-state index in [0.717, 1.165) is 50.6 Å². The molecule has 2 aliphatic rings. The van der Waals surface area contributed by atoms with Crippen molar-refractivity contribution >= 4 is 0 Å². The van der Waals surface area contributed by atoms with Crippen LogP contribution in [0.15, 0.2) is 10.6 Å². The zero-order valence-electron chi connectivity index (χ0n) is 15.7. The number of aliphatic hydroxyl groups is 1. The van der Waals surface area contributed by atoms with E-state index in [0.29, 0.717) is 0 Å². The molecule has 5 heteroatoms. The van der Waals surface area contributed by atoms with Crippen molar-refractivity contribution in [2.75, 3.05) is 19.7 Å². The largest absolute Gasteiger partial charge is 0.443 e. The van der Waals surface area contributed by atoms with Crippen LogP contribution in [0.3, 0.4) is 0 Å². The fourth-order valence-corrected chi connectivity index (χ4v) is 4.13. The molecule has 1 aliphatic heterocycles. The number of piperidine rings is 1. The topological polar surface area (TPSA) is 58.7 Å². The Morgan fingerprint density at radius 3 is 2.58 bits per heavy atom. The van der Waals surface area contributed by atoms with E-state index in [4.69, 9.17) is 9.15 Å². The van der Waals surface area contributed by atoms with Gasteiger partial charge in [0.1, 0.15) is 5.76 Å². The molecular weight excluding hydrogens is 304 g/mol. The molecular formula is C19H32N2O3. The van der Waals surface area contributed by atoms with Gasteiger partial charge in [0, 0.05) is 23.9 Å². The van der Waals surface area contributed by atoms with Crippen LogP contribution in [0.25, 0.3) is 0 Å². The van der Waals surface area contributed by atoms with Gasteiger partial charge in [-0.3, -0.25) is 4.90 Å². The van der Waals surface area contributed by atoms with Crippen molar-refractivity contribution in [2.24, 2.45) is 5.41 Å². The van der Waals surface area contributed by atoms with Gasteiger partial charge in [0.15, 0.2) is 0 Å². The first-order valence-corrected chi connectivity index (χ1v) is 9.28. The van der Waals surface area contributed by atoms with Crippen LogP contribution < -0.4 is 0 Å². The summed E-state index contributed by atoms with van der Waals surface area (Å²) in [5.41, 5.74) is -0.0446. The van der Waals surface area contributed by atoms with Gasteiger partial charge in [0.2, 0.25) is 5.89 Å². The monoisotopic (exact) mass is 336 g/mol. The Morgan fingerprint density at radius 1 is 1.42 bits per heavy atom. The Morgan fingerprint density at radius 2 is 2.08 bits per heavy atom. The van der Waals surface area contributed by atoms with Crippen molar-refractivity contribution < 1.29 is 14.3 Å². The maximum atomic E-state index is 10.3. The number of hydrogen-bond acceptors (Lipinski definition) is 5. The van der Waals surface area contributed by atoms with Gasteiger partial charge in [-0.15, -0.1) is 0 Å². The molecule has 3 atom stereocenters. The number of ether oxygens (including phenoxy) is 1. The second kappa shape index (κ2) is 6.43. The zero-order valence-corrected chi connectivity index (χ0v) is 15.7. The van der Waals surface area contributed by atoms with Crippen molar-refractivity contribution in [2.45, 2.75) is 77.5 Å². The molecule has 1 aromatic rings. The van der Waals surface area contributed by atoms with Crippen molar-refractivity contribution in [1.29, 1.82) is 0 Å². The molecule has 1 N–H and O–H groups in total. The van der Waals surface area contributed by atoms with Gasteiger partial charge in [-0.2, -0.15) is 0 Å². The molecule has 0 aromatic carbocycles. The first-order chi connectivity index (χ1) is 11.3. The lowest BCUT2D eigenvalue weighted by Crippen LogP contribution is -2.62. The summed E-state index contributed by atoms with van der Waals surface area (Å²) in [6.07, 6.45) is 4.63. The lowest BCUT2D eigenvalue weighted by atomic mass is 9.58. The number of likely N-dealkylation sites (tertiary alicyclic amines) is 1. The Bertz CT molecular complexity index is 553. The van der Waals surface area contributed by atoms with E-state index in [1.807, 2.05) is 13.1 Å². The standard InChI is InChI=1S/C19H32N2O3/c1-6-23-15-11-14(22)19(15)7-9-21(10-8-19)13(2)17-20-12-16(24-17)18(3,4)5/h12-15,22H,6-11H2,1-5H3/t13-,14-,15+/m0/s1. The molecule has 5 nitrogen and oxygen atoms in total. The lowest BCUT2D eigenvalue weighted by Gasteiger charge is -2.57. The summed E-state index contributed by atoms with van der Waals surface area (Å²) >= 11 is 0. The summed E-state index contributed by atoms with van der Waals surface area (Å²) in [6.45, 7) is 13.2. The molecule has 1 aromatic heterocycles. The first-order valence-electron chi connectivity index (χ1n) is 9.28. The molecule has 0 amide bonds. The van der Waals surface area contributed by atoms with Crippen LogP contribution in [0.1, 0.15) is 71.6 Å². The molecule has 1 aliphatic carbocycles. The summed E-state index contributed by atoms with van der Waals surface area (Å²) < 4.78 is 11.9. The minimum absolute atomic E-state index is 0.0162. The highest BCUT2D eigenvalue weighted by molar-refractivity contribution is 5.09. The zero-order chi connectivity index (χ0) is 17.5. The molecule has 24 heavy (non-hydrogen) atoms. The Kier molecular flexibility index (Phi) is 4.80. The van der Waals surface area contributed by atoms with E-state index in [1.54, 1.807) is 0 Å². The minimum atomic E-state index is -0.208. The van der Waals surface area contributed by atoms with Gasteiger partial charge in [-0.05, 0) is 39.8 Å². The number of hydrogen-bond donors (Lipinski definition) is 1. The summed E-state index contributed by atoms with van der Waals surface area (Å²) in [6, 6.07) is 0.168. The van der Waals surface area contributed by atoms with Crippen LogP contribution >= 0.6 is 0 Å². The Balaban J connectivity index is 1.63. The predicted molar refractivity (Wildman–Crippen MR) is 92.9 cm³/mol. The average Bonchev–Trinajstić information content (AvgIpc) is 3.04. The second-order valence-electron chi connectivity index (χ2n) is 8.45. The molecule has 1 spiro atoms.